The molecule has 0 aromatic heterocycles. The van der Waals surface area contributed by atoms with Crippen molar-refractivity contribution in [1.82, 2.24) is 0 Å². The molecule has 58 valence electrons. The van der Waals surface area contributed by atoms with Gasteiger partial charge in [0.2, 0.25) is 0 Å². The highest BCUT2D eigenvalue weighted by Crippen LogP contribution is 2.18. The maximum atomic E-state index is 10.9. The topological polar surface area (TPSA) is 34.1 Å². The molecule has 0 radical (unpaired) electrons. The fourth-order valence-corrected chi connectivity index (χ4v) is 2.55. The van der Waals surface area contributed by atoms with Gasteiger partial charge in [-0.2, -0.15) is 0 Å². The Morgan fingerprint density at radius 2 is 2.10 bits per heavy atom. The normalized spacial score (nSPS) is 23.3. The van der Waals surface area contributed by atoms with Gasteiger partial charge >= 0.3 is 0 Å². The Kier molecular flexibility index (Phi) is 1.86. The molecule has 0 spiro atoms. The summed E-state index contributed by atoms with van der Waals surface area (Å²) in [6, 6.07) is 0. The van der Waals surface area contributed by atoms with Crippen LogP contribution in [0.4, 0.5) is 0 Å². The van der Waals surface area contributed by atoms with E-state index in [0.717, 1.165) is 5.57 Å². The maximum Gasteiger partial charge on any atom is 0.157 e. The van der Waals surface area contributed by atoms with Crippen LogP contribution in [0.25, 0.3) is 0 Å². The van der Waals surface area contributed by atoms with Gasteiger partial charge in [0, 0.05) is 0 Å². The lowest BCUT2D eigenvalue weighted by atomic mass is 10.1. The van der Waals surface area contributed by atoms with Crippen LogP contribution in [0.1, 0.15) is 13.8 Å². The first-order valence-corrected chi connectivity index (χ1v) is 5.23. The summed E-state index contributed by atoms with van der Waals surface area (Å²) in [7, 11) is -2.73. The van der Waals surface area contributed by atoms with Crippen molar-refractivity contribution in [2.45, 2.75) is 13.8 Å². The minimum Gasteiger partial charge on any atom is -0.228 e. The van der Waals surface area contributed by atoms with Gasteiger partial charge in [0.15, 0.2) is 9.84 Å². The quantitative estimate of drug-likeness (QED) is 0.536. The SMILES string of the molecule is CC(C)C1=CCS(=O)(=O)C1. The van der Waals surface area contributed by atoms with E-state index in [-0.39, 0.29) is 11.5 Å². The Morgan fingerprint density at radius 3 is 2.30 bits per heavy atom. The van der Waals surface area contributed by atoms with E-state index < -0.39 is 9.84 Å². The molecule has 0 amide bonds. The van der Waals surface area contributed by atoms with Gasteiger partial charge in [0.1, 0.15) is 0 Å². The second kappa shape index (κ2) is 2.38. The van der Waals surface area contributed by atoms with Crippen LogP contribution in [0.15, 0.2) is 11.6 Å². The minimum atomic E-state index is -2.73. The van der Waals surface area contributed by atoms with Crippen molar-refractivity contribution in [2.75, 3.05) is 11.5 Å². The van der Waals surface area contributed by atoms with Crippen LogP contribution >= 0.6 is 0 Å². The third kappa shape index (κ3) is 1.59. The van der Waals surface area contributed by atoms with Crippen molar-refractivity contribution in [3.63, 3.8) is 0 Å². The molecule has 0 fully saturated rings. The predicted molar refractivity (Wildman–Crippen MR) is 41.6 cm³/mol. The molecule has 0 aliphatic carbocycles. The van der Waals surface area contributed by atoms with Gasteiger partial charge in [-0.05, 0) is 5.92 Å². The number of sulfone groups is 1. The van der Waals surface area contributed by atoms with Gasteiger partial charge in [-0.1, -0.05) is 25.5 Å². The molecule has 0 atom stereocenters. The molecular formula is C7H12O2S. The second-order valence-electron chi connectivity index (χ2n) is 2.99. The maximum absolute atomic E-state index is 10.9. The average Bonchev–Trinajstić information content (AvgIpc) is 2.10. The van der Waals surface area contributed by atoms with E-state index in [1.165, 1.54) is 0 Å². The summed E-state index contributed by atoms with van der Waals surface area (Å²) in [6.45, 7) is 4.04. The van der Waals surface area contributed by atoms with Crippen LogP contribution in [0.2, 0.25) is 0 Å². The summed E-state index contributed by atoms with van der Waals surface area (Å²) in [5.41, 5.74) is 1.07. The highest BCUT2D eigenvalue weighted by molar-refractivity contribution is 7.92. The van der Waals surface area contributed by atoms with E-state index in [2.05, 4.69) is 0 Å². The van der Waals surface area contributed by atoms with Gasteiger partial charge in [-0.15, -0.1) is 0 Å². The third-order valence-electron chi connectivity index (χ3n) is 1.73. The molecule has 0 N–H and O–H groups in total. The largest absolute Gasteiger partial charge is 0.228 e. The first kappa shape index (κ1) is 7.79. The lowest BCUT2D eigenvalue weighted by Gasteiger charge is -2.02. The smallest absolute Gasteiger partial charge is 0.157 e. The van der Waals surface area contributed by atoms with Crippen molar-refractivity contribution in [1.29, 1.82) is 0 Å². The van der Waals surface area contributed by atoms with Crippen LogP contribution in [0.5, 0.6) is 0 Å². The number of hydrogen-bond acceptors (Lipinski definition) is 2. The molecule has 1 rings (SSSR count). The molecule has 0 aromatic rings. The monoisotopic (exact) mass is 160 g/mol. The first-order valence-electron chi connectivity index (χ1n) is 3.40. The van der Waals surface area contributed by atoms with Gasteiger partial charge in [0.25, 0.3) is 0 Å². The van der Waals surface area contributed by atoms with E-state index in [0.29, 0.717) is 5.92 Å². The van der Waals surface area contributed by atoms with Gasteiger partial charge in [-0.25, -0.2) is 8.42 Å². The highest BCUT2D eigenvalue weighted by Gasteiger charge is 2.20. The molecule has 0 aromatic carbocycles. The summed E-state index contributed by atoms with van der Waals surface area (Å²) in [5.74, 6) is 0.919. The molecule has 0 bridgehead atoms. The van der Waals surface area contributed by atoms with Crippen molar-refractivity contribution >= 4 is 9.84 Å². The summed E-state index contributed by atoms with van der Waals surface area (Å²) in [6.07, 6.45) is 1.83. The zero-order valence-corrected chi connectivity index (χ0v) is 7.11. The van der Waals surface area contributed by atoms with Crippen LogP contribution in [0.3, 0.4) is 0 Å². The van der Waals surface area contributed by atoms with Crippen molar-refractivity contribution < 1.29 is 8.42 Å². The predicted octanol–water partition coefficient (Wildman–Crippen LogP) is 0.997. The Hall–Kier alpha value is -0.310. The Labute approximate surface area is 61.9 Å². The van der Waals surface area contributed by atoms with Gasteiger partial charge in [0.05, 0.1) is 11.5 Å². The Morgan fingerprint density at radius 1 is 1.50 bits per heavy atom. The molecule has 1 aliphatic heterocycles. The standard InChI is InChI=1S/C7H12O2S/c1-6(2)7-3-4-10(8,9)5-7/h3,6H,4-5H2,1-2H3. The van der Waals surface area contributed by atoms with E-state index in [9.17, 15) is 8.42 Å². The highest BCUT2D eigenvalue weighted by atomic mass is 32.2. The number of rotatable bonds is 1. The molecular weight excluding hydrogens is 148 g/mol. The van der Waals surface area contributed by atoms with Crippen LogP contribution in [-0.2, 0) is 9.84 Å². The molecule has 10 heavy (non-hydrogen) atoms. The first-order chi connectivity index (χ1) is 4.51. The lowest BCUT2D eigenvalue weighted by Crippen LogP contribution is -2.05. The van der Waals surface area contributed by atoms with E-state index in [1.54, 1.807) is 0 Å². The molecule has 2 nitrogen and oxygen atoms in total. The lowest BCUT2D eigenvalue weighted by molar-refractivity contribution is 0.601. The zero-order valence-electron chi connectivity index (χ0n) is 6.29. The summed E-state index contributed by atoms with van der Waals surface area (Å²) in [4.78, 5) is 0. The molecule has 0 saturated heterocycles. The van der Waals surface area contributed by atoms with Crippen molar-refractivity contribution in [3.05, 3.63) is 11.6 Å². The van der Waals surface area contributed by atoms with Crippen LogP contribution in [-0.4, -0.2) is 19.9 Å². The van der Waals surface area contributed by atoms with Gasteiger partial charge < -0.3 is 0 Å². The van der Waals surface area contributed by atoms with Crippen molar-refractivity contribution in [2.24, 2.45) is 5.92 Å². The van der Waals surface area contributed by atoms with E-state index >= 15 is 0 Å². The molecule has 0 unspecified atom stereocenters. The molecule has 3 heteroatoms. The third-order valence-corrected chi connectivity index (χ3v) is 3.18. The summed E-state index contributed by atoms with van der Waals surface area (Å²) >= 11 is 0. The van der Waals surface area contributed by atoms with E-state index in [1.807, 2.05) is 19.9 Å². The van der Waals surface area contributed by atoms with Crippen molar-refractivity contribution in [3.8, 4) is 0 Å². The zero-order chi connectivity index (χ0) is 7.78. The fourth-order valence-electron chi connectivity index (χ4n) is 1.01. The number of hydrogen-bond donors (Lipinski definition) is 0. The summed E-state index contributed by atoms with van der Waals surface area (Å²) < 4.78 is 21.8. The second-order valence-corrected chi connectivity index (χ2v) is 5.10. The fraction of sp³-hybridized carbons (Fsp3) is 0.714. The molecule has 1 heterocycles. The Balaban J connectivity index is 2.73. The molecule has 0 saturated carbocycles. The average molecular weight is 160 g/mol. The van der Waals surface area contributed by atoms with E-state index in [4.69, 9.17) is 0 Å². The van der Waals surface area contributed by atoms with Gasteiger partial charge in [-0.3, -0.25) is 0 Å². The molecule has 1 aliphatic rings. The van der Waals surface area contributed by atoms with Crippen LogP contribution < -0.4 is 0 Å². The van der Waals surface area contributed by atoms with Crippen LogP contribution in [0, 0.1) is 5.92 Å². The minimum absolute atomic E-state index is 0.251. The Bertz CT molecular complexity index is 247. The summed E-state index contributed by atoms with van der Waals surface area (Å²) in [5, 5.41) is 0.